The number of nitrogens with one attached hydrogen (secondary N) is 4. The highest BCUT2D eigenvalue weighted by Gasteiger charge is 2.34. The van der Waals surface area contributed by atoms with Crippen molar-refractivity contribution in [2.45, 2.75) is 25.9 Å². The summed E-state index contributed by atoms with van der Waals surface area (Å²) in [6, 6.07) is 6.88. The molecule has 1 heterocycles. The van der Waals surface area contributed by atoms with Crippen molar-refractivity contribution in [1.82, 2.24) is 16.0 Å². The number of hydrogen-bond acceptors (Lipinski definition) is 7. The molecule has 1 aliphatic rings. The third kappa shape index (κ3) is 5.90. The first-order valence-corrected chi connectivity index (χ1v) is 10.6. The van der Waals surface area contributed by atoms with Crippen molar-refractivity contribution in [1.29, 1.82) is 5.41 Å². The Bertz CT molecular complexity index is 1150. The number of aliphatic hydroxyl groups is 1. The molecule has 0 bridgehead atoms. The molecule has 2 aromatic carbocycles. The van der Waals surface area contributed by atoms with Gasteiger partial charge in [-0.25, -0.2) is 4.39 Å². The Kier molecular flexibility index (Phi) is 7.52. The molecule has 3 rings (SSSR count). The molecule has 34 heavy (non-hydrogen) atoms. The lowest BCUT2D eigenvalue weighted by Crippen LogP contribution is -2.28. The monoisotopic (exact) mass is 470 g/mol. The van der Waals surface area contributed by atoms with Gasteiger partial charge < -0.3 is 30.5 Å². The molecule has 5 N–H and O–H groups in total. The molecule has 0 atom stereocenters. The smallest absolute Gasteiger partial charge is 0.257 e. The van der Waals surface area contributed by atoms with Crippen LogP contribution in [0.3, 0.4) is 0 Å². The second-order valence-corrected chi connectivity index (χ2v) is 8.20. The van der Waals surface area contributed by atoms with E-state index in [1.807, 2.05) is 13.8 Å². The normalized spacial score (nSPS) is 13.7. The number of carbonyl (C=O) groups excluding carboxylic acids is 2. The molecule has 0 saturated carbocycles. The lowest BCUT2D eigenvalue weighted by Gasteiger charge is -2.16. The number of amidine groups is 1. The van der Waals surface area contributed by atoms with Gasteiger partial charge in [0.2, 0.25) is 0 Å². The van der Waals surface area contributed by atoms with Crippen molar-refractivity contribution in [3.63, 3.8) is 0 Å². The first-order chi connectivity index (χ1) is 16.1. The number of aliphatic hydroxyl groups excluding tert-OH is 1. The number of hydrogen-bond donors (Lipinski definition) is 5. The van der Waals surface area contributed by atoms with Gasteiger partial charge in [0.15, 0.2) is 0 Å². The van der Waals surface area contributed by atoms with Crippen molar-refractivity contribution < 1.29 is 28.6 Å². The van der Waals surface area contributed by atoms with E-state index in [0.717, 1.165) is 11.6 Å². The van der Waals surface area contributed by atoms with Crippen LogP contribution in [0.25, 0.3) is 0 Å². The van der Waals surface area contributed by atoms with Gasteiger partial charge in [0, 0.05) is 37.2 Å². The lowest BCUT2D eigenvalue weighted by atomic mass is 9.99. The molecule has 10 heteroatoms. The van der Waals surface area contributed by atoms with Crippen LogP contribution < -0.4 is 25.4 Å². The second kappa shape index (κ2) is 10.3. The zero-order valence-electron chi connectivity index (χ0n) is 19.1. The fraction of sp³-hybridized carbons (Fsp3) is 0.292. The number of carbonyl (C=O) groups is 2. The first kappa shape index (κ1) is 24.7. The number of fused-ring (bicyclic) bond motifs is 1. The maximum atomic E-state index is 14.6. The van der Waals surface area contributed by atoms with E-state index in [-0.39, 0.29) is 35.9 Å². The average molecular weight is 471 g/mol. The largest absolute Gasteiger partial charge is 0.487 e. The number of rotatable bonds is 8. The van der Waals surface area contributed by atoms with E-state index in [2.05, 4.69) is 16.0 Å². The summed E-state index contributed by atoms with van der Waals surface area (Å²) in [4.78, 5) is 24.7. The highest BCUT2D eigenvalue weighted by molar-refractivity contribution is 6.09. The van der Waals surface area contributed by atoms with Crippen LogP contribution in [-0.4, -0.2) is 48.6 Å². The van der Waals surface area contributed by atoms with Crippen LogP contribution in [-0.2, 0) is 6.42 Å². The Labute approximate surface area is 196 Å². The summed E-state index contributed by atoms with van der Waals surface area (Å²) < 4.78 is 26.4. The zero-order chi connectivity index (χ0) is 24.9. The van der Waals surface area contributed by atoms with Gasteiger partial charge in [-0.05, 0) is 50.4 Å². The molecular weight excluding hydrogens is 443 g/mol. The molecule has 180 valence electrons. The van der Waals surface area contributed by atoms with Crippen LogP contribution in [0, 0.1) is 11.2 Å². The van der Waals surface area contributed by atoms with E-state index in [4.69, 9.17) is 20.0 Å². The molecule has 1 aliphatic heterocycles. The summed E-state index contributed by atoms with van der Waals surface area (Å²) in [6.07, 6.45) is 3.40. The van der Waals surface area contributed by atoms with Gasteiger partial charge in [-0.3, -0.25) is 15.0 Å². The minimum Gasteiger partial charge on any atom is -0.487 e. The van der Waals surface area contributed by atoms with Crippen LogP contribution in [0.15, 0.2) is 42.6 Å². The summed E-state index contributed by atoms with van der Waals surface area (Å²) in [7, 11) is 1.67. The van der Waals surface area contributed by atoms with Crippen molar-refractivity contribution in [2.75, 3.05) is 20.2 Å². The molecule has 0 aliphatic carbocycles. The predicted molar refractivity (Wildman–Crippen MR) is 124 cm³/mol. The molecule has 2 aromatic rings. The predicted octanol–water partition coefficient (Wildman–Crippen LogP) is 2.49. The van der Waals surface area contributed by atoms with E-state index in [1.165, 1.54) is 30.5 Å². The summed E-state index contributed by atoms with van der Waals surface area (Å²) in [6.45, 7) is 3.55. The minimum atomic E-state index is -0.792. The molecular formula is C24H27FN4O5. The third-order valence-electron chi connectivity index (χ3n) is 4.89. The Balaban J connectivity index is 1.90. The lowest BCUT2D eigenvalue weighted by molar-refractivity contribution is 0.0939. The number of halogens is 1. The molecule has 0 radical (unpaired) electrons. The molecule has 9 nitrogen and oxygen atoms in total. The van der Waals surface area contributed by atoms with Gasteiger partial charge in [-0.2, -0.15) is 0 Å². The Morgan fingerprint density at radius 3 is 2.71 bits per heavy atom. The Hall–Kier alpha value is -3.92. The topological polar surface area (TPSA) is 133 Å². The number of amides is 2. The Morgan fingerprint density at radius 1 is 1.26 bits per heavy atom. The van der Waals surface area contributed by atoms with Crippen LogP contribution in [0.5, 0.6) is 17.2 Å². The maximum Gasteiger partial charge on any atom is 0.257 e. The summed E-state index contributed by atoms with van der Waals surface area (Å²) in [5.74, 6) is -1.19. The quantitative estimate of drug-likeness (QED) is 0.297. The van der Waals surface area contributed by atoms with Gasteiger partial charge in [0.05, 0.1) is 12.2 Å². The summed E-state index contributed by atoms with van der Waals surface area (Å²) >= 11 is 0. The van der Waals surface area contributed by atoms with Gasteiger partial charge in [0.25, 0.3) is 11.8 Å². The van der Waals surface area contributed by atoms with Crippen LogP contribution in [0.1, 0.15) is 40.1 Å². The summed E-state index contributed by atoms with van der Waals surface area (Å²) in [5, 5.41) is 24.2. The van der Waals surface area contributed by atoms with Crippen LogP contribution in [0.2, 0.25) is 0 Å². The average Bonchev–Trinajstić information content (AvgIpc) is 3.10. The molecule has 2 amide bonds. The fourth-order valence-corrected chi connectivity index (χ4v) is 3.40. The molecule has 0 aromatic heterocycles. The van der Waals surface area contributed by atoms with Crippen LogP contribution in [0.4, 0.5) is 4.39 Å². The fourth-order valence-electron chi connectivity index (χ4n) is 3.40. The molecule has 0 fully saturated rings. The SMILES string of the molecule is CN/C=C\C(=N)NC(=O)c1cc(Oc2ccc(C(=O)NCCO)c(F)c2)c2c(c1)OC(C)(C)C2. The highest BCUT2D eigenvalue weighted by atomic mass is 19.1. The molecule has 0 spiro atoms. The van der Waals surface area contributed by atoms with Crippen molar-refractivity contribution in [3.8, 4) is 17.2 Å². The van der Waals surface area contributed by atoms with Gasteiger partial charge in [-0.1, -0.05) is 0 Å². The highest BCUT2D eigenvalue weighted by Crippen LogP contribution is 2.43. The van der Waals surface area contributed by atoms with E-state index in [0.29, 0.717) is 17.9 Å². The van der Waals surface area contributed by atoms with E-state index < -0.39 is 23.2 Å². The standard InChI is InChI=1S/C24H27FN4O5/c1-24(2)13-17-19(33-15-4-5-16(18(25)12-15)23(32)28-8-9-30)10-14(11-20(17)34-24)22(31)29-21(26)6-7-27-3/h4-7,10-12,27,30H,8-9,13H2,1-3H3,(H,28,32)(H2,26,29,31)/b7-6-. The minimum absolute atomic E-state index is 0.00944. The van der Waals surface area contributed by atoms with E-state index >= 15 is 0 Å². The third-order valence-corrected chi connectivity index (χ3v) is 4.89. The van der Waals surface area contributed by atoms with Crippen molar-refractivity contribution in [3.05, 3.63) is 65.1 Å². The van der Waals surface area contributed by atoms with E-state index in [1.54, 1.807) is 13.1 Å². The van der Waals surface area contributed by atoms with Crippen molar-refractivity contribution >= 4 is 17.6 Å². The molecule has 0 unspecified atom stereocenters. The zero-order valence-corrected chi connectivity index (χ0v) is 19.1. The van der Waals surface area contributed by atoms with Gasteiger partial charge >= 0.3 is 0 Å². The van der Waals surface area contributed by atoms with Crippen LogP contribution >= 0.6 is 0 Å². The number of benzene rings is 2. The van der Waals surface area contributed by atoms with E-state index in [9.17, 15) is 14.0 Å². The second-order valence-electron chi connectivity index (χ2n) is 8.20. The van der Waals surface area contributed by atoms with Gasteiger partial charge in [0.1, 0.15) is 34.5 Å². The summed E-state index contributed by atoms with van der Waals surface area (Å²) in [5.41, 5.74) is 0.209. The first-order valence-electron chi connectivity index (χ1n) is 10.6. The van der Waals surface area contributed by atoms with Gasteiger partial charge in [-0.15, -0.1) is 0 Å². The Morgan fingerprint density at radius 2 is 2.03 bits per heavy atom. The maximum absolute atomic E-state index is 14.6. The number of ether oxygens (including phenoxy) is 2. The van der Waals surface area contributed by atoms with Crippen molar-refractivity contribution in [2.24, 2.45) is 0 Å². The molecule has 0 saturated heterocycles.